The monoisotopic (exact) mass is 375 g/mol. The van der Waals surface area contributed by atoms with Crippen LogP contribution in [0.1, 0.15) is 5.56 Å². The van der Waals surface area contributed by atoms with E-state index in [0.717, 1.165) is 12.1 Å². The molecule has 110 valence electrons. The Hall–Kier alpha value is -1.70. The van der Waals surface area contributed by atoms with Gasteiger partial charge in [-0.2, -0.15) is 0 Å². The molecule has 21 heavy (non-hydrogen) atoms. The van der Waals surface area contributed by atoms with Crippen LogP contribution in [-0.2, 0) is 6.61 Å². The molecule has 0 aliphatic carbocycles. The summed E-state index contributed by atoms with van der Waals surface area (Å²) in [6.07, 6.45) is 0. The Morgan fingerprint density at radius 1 is 1.33 bits per heavy atom. The summed E-state index contributed by atoms with van der Waals surface area (Å²) in [5.41, 5.74) is 0.161. The molecule has 0 unspecified atom stereocenters. The first-order chi connectivity index (χ1) is 9.92. The minimum Gasteiger partial charge on any atom is -0.448 e. The van der Waals surface area contributed by atoms with Gasteiger partial charge in [-0.3, -0.25) is 10.1 Å². The van der Waals surface area contributed by atoms with Gasteiger partial charge in [0.05, 0.1) is 21.0 Å². The topological polar surface area (TPSA) is 72.6 Å². The zero-order valence-electron chi connectivity index (χ0n) is 10.3. The number of halogens is 3. The predicted molar refractivity (Wildman–Crippen MR) is 78.2 cm³/mol. The van der Waals surface area contributed by atoms with Gasteiger partial charge in [-0.25, -0.2) is 4.39 Å². The Kier molecular flexibility index (Phi) is 4.76. The van der Waals surface area contributed by atoms with Gasteiger partial charge in [-0.1, -0.05) is 17.7 Å². The lowest BCUT2D eigenvalue weighted by Crippen LogP contribution is -1.96. The average Bonchev–Trinajstić information content (AvgIpc) is 2.44. The molecule has 2 rings (SSSR count). The molecule has 0 saturated carbocycles. The van der Waals surface area contributed by atoms with Crippen molar-refractivity contribution in [3.05, 3.63) is 61.3 Å². The molecule has 0 heterocycles. The van der Waals surface area contributed by atoms with Crippen LogP contribution in [0.25, 0.3) is 0 Å². The number of ether oxygens (including phenoxy) is 1. The van der Waals surface area contributed by atoms with Gasteiger partial charge in [-0.05, 0) is 33.6 Å². The molecule has 1 N–H and O–H groups in total. The van der Waals surface area contributed by atoms with Gasteiger partial charge in [0.25, 0.3) is 0 Å². The van der Waals surface area contributed by atoms with E-state index in [1.165, 1.54) is 12.1 Å². The lowest BCUT2D eigenvalue weighted by Gasteiger charge is -2.09. The summed E-state index contributed by atoms with van der Waals surface area (Å²) >= 11 is 8.83. The van der Waals surface area contributed by atoms with Crippen LogP contribution in [0.5, 0.6) is 11.5 Å². The van der Waals surface area contributed by atoms with Crippen LogP contribution in [0.15, 0.2) is 34.8 Å². The van der Waals surface area contributed by atoms with Crippen molar-refractivity contribution >= 4 is 33.2 Å². The third-order valence-electron chi connectivity index (χ3n) is 2.60. The summed E-state index contributed by atoms with van der Waals surface area (Å²) in [6, 6.07) is 6.36. The van der Waals surface area contributed by atoms with Crippen molar-refractivity contribution in [2.24, 2.45) is 0 Å². The number of rotatable bonds is 4. The molecule has 0 spiro atoms. The van der Waals surface area contributed by atoms with Crippen molar-refractivity contribution in [2.75, 3.05) is 0 Å². The second-order valence-corrected chi connectivity index (χ2v) is 5.28. The van der Waals surface area contributed by atoms with Crippen molar-refractivity contribution in [1.29, 1.82) is 0 Å². The number of benzene rings is 2. The summed E-state index contributed by atoms with van der Waals surface area (Å²) in [5.74, 6) is -0.836. The maximum Gasteiger partial charge on any atom is 0.312 e. The molecule has 0 aromatic heterocycles. The van der Waals surface area contributed by atoms with Gasteiger partial charge < -0.3 is 9.84 Å². The Bertz CT molecular complexity index is 711. The van der Waals surface area contributed by atoms with Crippen molar-refractivity contribution < 1.29 is 19.2 Å². The van der Waals surface area contributed by atoms with E-state index < -0.39 is 16.4 Å². The lowest BCUT2D eigenvalue weighted by molar-refractivity contribution is -0.385. The molecule has 0 bridgehead atoms. The minimum absolute atomic E-state index is 0.0386. The summed E-state index contributed by atoms with van der Waals surface area (Å²) < 4.78 is 18.8. The van der Waals surface area contributed by atoms with Gasteiger partial charge in [0, 0.05) is 12.1 Å². The first-order valence-corrected chi connectivity index (χ1v) is 6.80. The molecule has 0 aliphatic heterocycles. The summed E-state index contributed by atoms with van der Waals surface area (Å²) in [6.45, 7) is -0.201. The number of aliphatic hydroxyl groups excluding tert-OH is 1. The number of nitro groups is 1. The number of aliphatic hydroxyl groups is 1. The second kappa shape index (κ2) is 6.38. The number of nitro benzene ring substituents is 1. The fourth-order valence-corrected chi connectivity index (χ4v) is 2.16. The second-order valence-electron chi connectivity index (χ2n) is 4.02. The predicted octanol–water partition coefficient (Wildman–Crippen LogP) is 4.43. The standard InChI is InChI=1S/C13H8BrClFNO4/c14-8-4-11(17(19)20)13(5-10(8)16)21-12-2-1-7(6-18)3-9(12)15/h1-5,18H,6H2. The smallest absolute Gasteiger partial charge is 0.312 e. The largest absolute Gasteiger partial charge is 0.448 e. The van der Waals surface area contributed by atoms with Crippen molar-refractivity contribution in [3.8, 4) is 11.5 Å². The molecule has 5 nitrogen and oxygen atoms in total. The van der Waals surface area contributed by atoms with E-state index in [-0.39, 0.29) is 27.6 Å². The zero-order valence-corrected chi connectivity index (χ0v) is 12.7. The van der Waals surface area contributed by atoms with Gasteiger partial charge in [0.2, 0.25) is 5.75 Å². The molecule has 0 aliphatic rings. The molecule has 0 saturated heterocycles. The van der Waals surface area contributed by atoms with E-state index in [0.29, 0.717) is 5.56 Å². The highest BCUT2D eigenvalue weighted by Gasteiger charge is 2.20. The fraction of sp³-hybridized carbons (Fsp3) is 0.0769. The third-order valence-corrected chi connectivity index (χ3v) is 3.50. The summed E-state index contributed by atoms with van der Waals surface area (Å²) in [4.78, 5) is 10.3. The first-order valence-electron chi connectivity index (χ1n) is 5.63. The first kappa shape index (κ1) is 15.7. The minimum atomic E-state index is -0.696. The lowest BCUT2D eigenvalue weighted by atomic mass is 10.2. The fourth-order valence-electron chi connectivity index (χ4n) is 1.59. The van der Waals surface area contributed by atoms with Crippen LogP contribution in [-0.4, -0.2) is 10.0 Å². The van der Waals surface area contributed by atoms with Gasteiger partial charge >= 0.3 is 5.69 Å². The highest BCUT2D eigenvalue weighted by Crippen LogP contribution is 2.38. The molecule has 0 radical (unpaired) electrons. The van der Waals surface area contributed by atoms with Crippen LogP contribution in [0.3, 0.4) is 0 Å². The van der Waals surface area contributed by atoms with E-state index in [1.54, 1.807) is 6.07 Å². The number of nitrogens with zero attached hydrogens (tertiary/aromatic N) is 1. The highest BCUT2D eigenvalue weighted by atomic mass is 79.9. The maximum atomic E-state index is 13.5. The molecule has 2 aromatic carbocycles. The summed E-state index contributed by atoms with van der Waals surface area (Å²) in [7, 11) is 0. The number of hydrogen-bond donors (Lipinski definition) is 1. The summed E-state index contributed by atoms with van der Waals surface area (Å²) in [5, 5.41) is 20.1. The Balaban J connectivity index is 2.43. The van der Waals surface area contributed by atoms with E-state index in [1.807, 2.05) is 0 Å². The maximum absolute atomic E-state index is 13.5. The van der Waals surface area contributed by atoms with Gasteiger partial charge in [0.15, 0.2) is 0 Å². The van der Waals surface area contributed by atoms with E-state index in [4.69, 9.17) is 21.4 Å². The average molecular weight is 377 g/mol. The van der Waals surface area contributed by atoms with E-state index in [9.17, 15) is 14.5 Å². The van der Waals surface area contributed by atoms with Gasteiger partial charge in [0.1, 0.15) is 11.6 Å². The Labute approximate surface area is 132 Å². The van der Waals surface area contributed by atoms with Crippen molar-refractivity contribution in [3.63, 3.8) is 0 Å². The van der Waals surface area contributed by atoms with Crippen LogP contribution < -0.4 is 4.74 Å². The van der Waals surface area contributed by atoms with Crippen LogP contribution in [0.2, 0.25) is 5.02 Å². The van der Waals surface area contributed by atoms with E-state index in [2.05, 4.69) is 15.9 Å². The SMILES string of the molecule is O=[N+]([O-])c1cc(Br)c(F)cc1Oc1ccc(CO)cc1Cl. The van der Waals surface area contributed by atoms with E-state index >= 15 is 0 Å². The Morgan fingerprint density at radius 3 is 2.62 bits per heavy atom. The molecule has 2 aromatic rings. The van der Waals surface area contributed by atoms with Crippen molar-refractivity contribution in [1.82, 2.24) is 0 Å². The molecule has 0 fully saturated rings. The zero-order chi connectivity index (χ0) is 15.6. The number of hydrogen-bond acceptors (Lipinski definition) is 4. The highest BCUT2D eigenvalue weighted by molar-refractivity contribution is 9.10. The molecule has 8 heteroatoms. The normalized spacial score (nSPS) is 10.5. The molecular weight excluding hydrogens is 369 g/mol. The molecule has 0 atom stereocenters. The molecule has 0 amide bonds. The quantitative estimate of drug-likeness (QED) is 0.633. The molecular formula is C13H8BrClFNO4. The van der Waals surface area contributed by atoms with Gasteiger partial charge in [-0.15, -0.1) is 0 Å². The third kappa shape index (κ3) is 3.49. The van der Waals surface area contributed by atoms with Crippen LogP contribution >= 0.6 is 27.5 Å². The van der Waals surface area contributed by atoms with Crippen LogP contribution in [0, 0.1) is 15.9 Å². The van der Waals surface area contributed by atoms with Crippen molar-refractivity contribution in [2.45, 2.75) is 6.61 Å². The Morgan fingerprint density at radius 2 is 2.05 bits per heavy atom. The van der Waals surface area contributed by atoms with Crippen LogP contribution in [0.4, 0.5) is 10.1 Å².